The lowest BCUT2D eigenvalue weighted by atomic mass is 9.93. The van der Waals surface area contributed by atoms with Crippen LogP contribution in [0, 0.1) is 11.8 Å². The van der Waals surface area contributed by atoms with Crippen molar-refractivity contribution in [3.63, 3.8) is 0 Å². The van der Waals surface area contributed by atoms with Crippen LogP contribution in [0.25, 0.3) is 11.4 Å². The van der Waals surface area contributed by atoms with Gasteiger partial charge in [-0.3, -0.25) is 0 Å². The molecule has 0 N–H and O–H groups in total. The average Bonchev–Trinajstić information content (AvgIpc) is 3.43. The Morgan fingerprint density at radius 1 is 1.06 bits per heavy atom. The van der Waals surface area contributed by atoms with Crippen LogP contribution >= 0.6 is 11.3 Å². The Kier molecular flexibility index (Phi) is 5.83. The molecule has 2 heterocycles. The molecule has 6 nitrogen and oxygen atoms in total. The number of methoxy groups -OCH3 is 1. The number of rotatable bonds is 4. The van der Waals surface area contributed by atoms with Gasteiger partial charge in [0.15, 0.2) is 5.01 Å². The molecule has 0 aliphatic carbocycles. The minimum absolute atomic E-state index is 0.0274. The van der Waals surface area contributed by atoms with E-state index in [0.717, 1.165) is 33.1 Å². The predicted molar refractivity (Wildman–Crippen MR) is 122 cm³/mol. The Labute approximate surface area is 185 Å². The maximum atomic E-state index is 5.19. The zero-order chi connectivity index (χ0) is 21.8. The SMILES string of the molecule is COc1ccc(Cn2nnc(-c3cccc(C#Cc4nc(C(C)(C)C)cs4)c3)n2)cc1. The Hall–Kier alpha value is -3.50. The van der Waals surface area contributed by atoms with E-state index in [1.165, 1.54) is 0 Å². The fourth-order valence-corrected chi connectivity index (χ4v) is 3.75. The zero-order valence-electron chi connectivity index (χ0n) is 18.0. The molecule has 2 aromatic carbocycles. The second-order valence-electron chi connectivity index (χ2n) is 8.11. The molecule has 0 aliphatic rings. The third-order valence-electron chi connectivity index (χ3n) is 4.64. The first-order chi connectivity index (χ1) is 14.9. The molecule has 4 aromatic rings. The fraction of sp³-hybridized carbons (Fsp3) is 0.250. The highest BCUT2D eigenvalue weighted by Gasteiger charge is 2.16. The van der Waals surface area contributed by atoms with Crippen LogP contribution in [0.4, 0.5) is 0 Å². The second kappa shape index (κ2) is 8.70. The maximum absolute atomic E-state index is 5.19. The van der Waals surface area contributed by atoms with Crippen LogP contribution in [-0.4, -0.2) is 32.3 Å². The zero-order valence-corrected chi connectivity index (χ0v) is 18.8. The van der Waals surface area contributed by atoms with Gasteiger partial charge in [-0.2, -0.15) is 4.80 Å². The topological polar surface area (TPSA) is 65.7 Å². The minimum atomic E-state index is 0.0274. The summed E-state index contributed by atoms with van der Waals surface area (Å²) in [6, 6.07) is 15.7. The summed E-state index contributed by atoms with van der Waals surface area (Å²) in [5.74, 6) is 7.75. The molecule has 0 saturated carbocycles. The molecule has 0 amide bonds. The first kappa shape index (κ1) is 20.8. The molecule has 4 rings (SSSR count). The van der Waals surface area contributed by atoms with Crippen molar-refractivity contribution in [3.8, 4) is 29.0 Å². The Bertz CT molecular complexity index is 1240. The molecule has 0 atom stereocenters. The van der Waals surface area contributed by atoms with Crippen molar-refractivity contribution in [2.24, 2.45) is 0 Å². The van der Waals surface area contributed by atoms with E-state index in [9.17, 15) is 0 Å². The Balaban J connectivity index is 1.49. The summed E-state index contributed by atoms with van der Waals surface area (Å²) in [4.78, 5) is 6.21. The molecule has 2 aromatic heterocycles. The monoisotopic (exact) mass is 429 g/mol. The first-order valence-corrected chi connectivity index (χ1v) is 10.8. The van der Waals surface area contributed by atoms with E-state index in [1.807, 2.05) is 48.5 Å². The second-order valence-corrected chi connectivity index (χ2v) is 8.97. The van der Waals surface area contributed by atoms with E-state index in [1.54, 1.807) is 23.2 Å². The molecule has 0 fully saturated rings. The molecule has 0 radical (unpaired) electrons. The van der Waals surface area contributed by atoms with Crippen molar-refractivity contribution in [1.82, 2.24) is 25.2 Å². The van der Waals surface area contributed by atoms with Crippen LogP contribution < -0.4 is 4.74 Å². The minimum Gasteiger partial charge on any atom is -0.497 e. The lowest BCUT2D eigenvalue weighted by molar-refractivity contribution is 0.414. The van der Waals surface area contributed by atoms with Gasteiger partial charge in [0.25, 0.3) is 0 Å². The van der Waals surface area contributed by atoms with Gasteiger partial charge in [-0.1, -0.05) is 51.0 Å². The average molecular weight is 430 g/mol. The van der Waals surface area contributed by atoms with E-state index in [2.05, 4.69) is 58.4 Å². The number of tetrazole rings is 1. The quantitative estimate of drug-likeness (QED) is 0.445. The molecular formula is C24H23N5OS. The largest absolute Gasteiger partial charge is 0.497 e. The summed E-state index contributed by atoms with van der Waals surface area (Å²) in [6.07, 6.45) is 0. The van der Waals surface area contributed by atoms with Gasteiger partial charge in [0, 0.05) is 21.9 Å². The predicted octanol–water partition coefficient (Wildman–Crippen LogP) is 4.55. The van der Waals surface area contributed by atoms with Crippen LogP contribution in [0.1, 0.15) is 42.6 Å². The van der Waals surface area contributed by atoms with Gasteiger partial charge in [-0.25, -0.2) is 4.98 Å². The summed E-state index contributed by atoms with van der Waals surface area (Å²) < 4.78 is 5.19. The maximum Gasteiger partial charge on any atom is 0.204 e. The molecule has 156 valence electrons. The summed E-state index contributed by atoms with van der Waals surface area (Å²) in [7, 11) is 1.65. The van der Waals surface area contributed by atoms with Crippen LogP contribution in [-0.2, 0) is 12.0 Å². The number of aromatic nitrogens is 5. The molecule has 31 heavy (non-hydrogen) atoms. The molecule has 7 heteroatoms. The van der Waals surface area contributed by atoms with E-state index in [0.29, 0.717) is 12.4 Å². The van der Waals surface area contributed by atoms with Crippen LogP contribution in [0.15, 0.2) is 53.9 Å². The van der Waals surface area contributed by atoms with Gasteiger partial charge in [0.2, 0.25) is 5.82 Å². The summed E-state index contributed by atoms with van der Waals surface area (Å²) >= 11 is 1.57. The van der Waals surface area contributed by atoms with Gasteiger partial charge in [0.05, 0.1) is 19.3 Å². The standard InChI is InChI=1S/C24H23N5OS/c1-24(2,3)21-16-31-22(25-21)13-10-17-6-5-7-19(14-17)23-26-28-29(27-23)15-18-8-11-20(30-4)12-9-18/h5-9,11-12,14,16H,15H2,1-4H3. The van der Waals surface area contributed by atoms with Crippen molar-refractivity contribution in [3.05, 3.63) is 75.7 Å². The van der Waals surface area contributed by atoms with E-state index < -0.39 is 0 Å². The van der Waals surface area contributed by atoms with Crippen LogP contribution in [0.2, 0.25) is 0 Å². The molecule has 0 saturated heterocycles. The molecule has 0 spiro atoms. The van der Waals surface area contributed by atoms with E-state index >= 15 is 0 Å². The third-order valence-corrected chi connectivity index (χ3v) is 5.40. The third kappa shape index (κ3) is 5.16. The normalized spacial score (nSPS) is 11.1. The smallest absolute Gasteiger partial charge is 0.204 e. The number of benzene rings is 2. The van der Waals surface area contributed by atoms with Crippen molar-refractivity contribution in [2.45, 2.75) is 32.7 Å². The summed E-state index contributed by atoms with van der Waals surface area (Å²) in [5, 5.41) is 15.8. The van der Waals surface area contributed by atoms with Crippen LogP contribution in [0.5, 0.6) is 5.75 Å². The number of ether oxygens (including phenoxy) is 1. The number of nitrogens with zero attached hydrogens (tertiary/aromatic N) is 5. The Morgan fingerprint density at radius 2 is 1.87 bits per heavy atom. The number of hydrogen-bond acceptors (Lipinski definition) is 6. The van der Waals surface area contributed by atoms with Crippen molar-refractivity contribution in [1.29, 1.82) is 0 Å². The number of thiazole rings is 1. The highest BCUT2D eigenvalue weighted by Crippen LogP contribution is 2.23. The molecule has 0 unspecified atom stereocenters. The molecular weight excluding hydrogens is 406 g/mol. The van der Waals surface area contributed by atoms with Gasteiger partial charge >= 0.3 is 0 Å². The highest BCUT2D eigenvalue weighted by molar-refractivity contribution is 7.10. The van der Waals surface area contributed by atoms with E-state index in [-0.39, 0.29) is 5.41 Å². The van der Waals surface area contributed by atoms with Gasteiger partial charge in [0.1, 0.15) is 5.75 Å². The first-order valence-electron chi connectivity index (χ1n) is 9.90. The van der Waals surface area contributed by atoms with E-state index in [4.69, 9.17) is 4.74 Å². The van der Waals surface area contributed by atoms with Crippen LogP contribution in [0.3, 0.4) is 0 Å². The van der Waals surface area contributed by atoms with Gasteiger partial charge < -0.3 is 4.74 Å². The van der Waals surface area contributed by atoms with Crippen molar-refractivity contribution in [2.75, 3.05) is 7.11 Å². The summed E-state index contributed by atoms with van der Waals surface area (Å²) in [6.45, 7) is 6.99. The number of hydrogen-bond donors (Lipinski definition) is 0. The van der Waals surface area contributed by atoms with Crippen molar-refractivity contribution >= 4 is 11.3 Å². The Morgan fingerprint density at radius 3 is 2.58 bits per heavy atom. The molecule has 0 aliphatic heterocycles. The lowest BCUT2D eigenvalue weighted by Crippen LogP contribution is -2.11. The fourth-order valence-electron chi connectivity index (χ4n) is 2.86. The van der Waals surface area contributed by atoms with Gasteiger partial charge in [-0.15, -0.1) is 21.5 Å². The highest BCUT2D eigenvalue weighted by atomic mass is 32.1. The van der Waals surface area contributed by atoms with Crippen molar-refractivity contribution < 1.29 is 4.74 Å². The van der Waals surface area contributed by atoms with Gasteiger partial charge in [-0.05, 0) is 41.0 Å². The summed E-state index contributed by atoms with van der Waals surface area (Å²) in [5.41, 5.74) is 3.93. The lowest BCUT2D eigenvalue weighted by Gasteiger charge is -2.13. The molecule has 0 bridgehead atoms.